The molecule has 2 aliphatic heterocycles. The molecule has 2 fully saturated rings. The van der Waals surface area contributed by atoms with Gasteiger partial charge in [-0.3, -0.25) is 8.42 Å². The van der Waals surface area contributed by atoms with E-state index in [1.807, 2.05) is 0 Å². The van der Waals surface area contributed by atoms with Gasteiger partial charge < -0.3 is 18.6 Å². The summed E-state index contributed by atoms with van der Waals surface area (Å²) >= 11 is 0. The molecule has 0 radical (unpaired) electrons. The van der Waals surface area contributed by atoms with Crippen molar-refractivity contribution >= 4 is 10.4 Å². The molecule has 0 bridgehead atoms. The summed E-state index contributed by atoms with van der Waals surface area (Å²) in [5.41, 5.74) is 0. The van der Waals surface area contributed by atoms with Gasteiger partial charge in [0, 0.05) is 10.4 Å². The normalized spacial score (nSPS) is 25.1. The third-order valence-corrected chi connectivity index (χ3v) is 1.00. The summed E-state index contributed by atoms with van der Waals surface area (Å²) in [6.07, 6.45) is 1.17. The first-order chi connectivity index (χ1) is 5.79. The maximum atomic E-state index is 8.52. The Morgan fingerprint density at radius 3 is 1.07 bits per heavy atom. The maximum Gasteiger partial charge on any atom is 1.00 e. The zero-order chi connectivity index (χ0) is 10.5. The summed E-state index contributed by atoms with van der Waals surface area (Å²) < 4.78 is 43.5. The molecule has 2 rings (SSSR count). The van der Waals surface area contributed by atoms with Gasteiger partial charge in [-0.1, -0.05) is 0 Å². The van der Waals surface area contributed by atoms with E-state index in [-0.39, 0.29) is 59.1 Å². The Morgan fingerprint density at radius 1 is 1.00 bits per heavy atom. The first-order valence-corrected chi connectivity index (χ1v) is 5.02. The number of hydrogen-bond acceptors (Lipinski definition) is 6. The summed E-state index contributed by atoms with van der Waals surface area (Å²) in [5, 5.41) is 0. The van der Waals surface area contributed by atoms with E-state index < -0.39 is 10.4 Å². The summed E-state index contributed by atoms with van der Waals surface area (Å²) in [6.45, 7) is 6.08. The molecule has 2 saturated heterocycles. The predicted molar refractivity (Wildman–Crippen MR) is 41.3 cm³/mol. The van der Waals surface area contributed by atoms with E-state index in [0.717, 1.165) is 13.2 Å². The molecule has 9 heteroatoms. The molecule has 2 unspecified atom stereocenters. The Morgan fingerprint density at radius 2 is 1.07 bits per heavy atom. The largest absolute Gasteiger partial charge is 1.00 e. The minimum atomic E-state index is -5.17. The van der Waals surface area contributed by atoms with Crippen LogP contribution in [0.5, 0.6) is 0 Å². The molecule has 80 valence electrons. The molecule has 2 atom stereocenters. The first-order valence-electron chi connectivity index (χ1n) is 3.69. The van der Waals surface area contributed by atoms with Crippen LogP contribution >= 0.6 is 0 Å². The SMILES string of the molecule is CC1CO1.CC1CO1.O=S(=O)([O-])[O-].[Na+].[Na+]. The molecular formula is C6H12Na2O6S. The molecule has 0 N–H and O–H groups in total. The van der Waals surface area contributed by atoms with Crippen LogP contribution in [0.15, 0.2) is 0 Å². The Hall–Kier alpha value is 1.79. The topological polar surface area (TPSA) is 105 Å². The quantitative estimate of drug-likeness (QED) is 0.185. The van der Waals surface area contributed by atoms with E-state index in [4.69, 9.17) is 27.0 Å². The van der Waals surface area contributed by atoms with E-state index in [1.165, 1.54) is 0 Å². The minimum Gasteiger partial charge on any atom is -0.759 e. The summed E-state index contributed by atoms with van der Waals surface area (Å²) in [6, 6.07) is 0. The van der Waals surface area contributed by atoms with Crippen molar-refractivity contribution in [2.45, 2.75) is 26.1 Å². The molecule has 6 nitrogen and oxygen atoms in total. The standard InChI is InChI=1S/2C3H6O.2Na.H2O4S/c2*1-3-2-4-3;;;1-5(2,3)4/h2*3H,2H2,1H3;;;(H2,1,2,3,4)/q;;2*+1;/p-2. The van der Waals surface area contributed by atoms with Crippen LogP contribution in [0, 0.1) is 0 Å². The van der Waals surface area contributed by atoms with Gasteiger partial charge >= 0.3 is 59.1 Å². The van der Waals surface area contributed by atoms with Crippen LogP contribution in [-0.2, 0) is 19.9 Å². The van der Waals surface area contributed by atoms with Crippen LogP contribution in [-0.4, -0.2) is 42.9 Å². The van der Waals surface area contributed by atoms with Crippen LogP contribution in [0.3, 0.4) is 0 Å². The van der Waals surface area contributed by atoms with Crippen molar-refractivity contribution in [2.75, 3.05) is 13.2 Å². The molecule has 0 aromatic carbocycles. The van der Waals surface area contributed by atoms with E-state index >= 15 is 0 Å². The number of hydrogen-bond donors (Lipinski definition) is 0. The second kappa shape index (κ2) is 10.9. The molecule has 0 saturated carbocycles. The molecule has 2 heterocycles. The zero-order valence-corrected chi connectivity index (χ0v) is 14.2. The van der Waals surface area contributed by atoms with E-state index in [1.54, 1.807) is 0 Å². The second-order valence-corrected chi connectivity index (χ2v) is 3.51. The van der Waals surface area contributed by atoms with Crippen molar-refractivity contribution in [3.8, 4) is 0 Å². The Balaban J connectivity index is -0.000000135. The van der Waals surface area contributed by atoms with Crippen LogP contribution in [0.25, 0.3) is 0 Å². The monoisotopic (exact) mass is 258 g/mol. The molecule has 2 aliphatic rings. The van der Waals surface area contributed by atoms with Crippen molar-refractivity contribution < 1.29 is 86.1 Å². The number of ether oxygens (including phenoxy) is 2. The maximum absolute atomic E-state index is 8.52. The molecular weight excluding hydrogens is 246 g/mol. The van der Waals surface area contributed by atoms with Crippen molar-refractivity contribution in [3.05, 3.63) is 0 Å². The number of rotatable bonds is 0. The van der Waals surface area contributed by atoms with Crippen LogP contribution in [0.4, 0.5) is 0 Å². The van der Waals surface area contributed by atoms with Crippen molar-refractivity contribution in [1.82, 2.24) is 0 Å². The van der Waals surface area contributed by atoms with Gasteiger partial charge in [0.15, 0.2) is 0 Å². The average molecular weight is 258 g/mol. The predicted octanol–water partition coefficient (Wildman–Crippen LogP) is -6.52. The fourth-order valence-corrected chi connectivity index (χ4v) is 0.192. The van der Waals surface area contributed by atoms with Crippen molar-refractivity contribution in [3.63, 3.8) is 0 Å². The summed E-state index contributed by atoms with van der Waals surface area (Å²) in [7, 11) is -5.17. The second-order valence-electron chi connectivity index (χ2n) is 2.70. The van der Waals surface area contributed by atoms with Gasteiger partial charge in [-0.2, -0.15) is 0 Å². The van der Waals surface area contributed by atoms with Gasteiger partial charge in [-0.15, -0.1) is 0 Å². The Kier molecular flexibility index (Phi) is 16.0. The van der Waals surface area contributed by atoms with Crippen molar-refractivity contribution in [2.24, 2.45) is 0 Å². The summed E-state index contributed by atoms with van der Waals surface area (Å²) in [4.78, 5) is 0. The fourth-order valence-electron chi connectivity index (χ4n) is 0.192. The summed E-state index contributed by atoms with van der Waals surface area (Å²) in [5.74, 6) is 0. The molecule has 0 aliphatic carbocycles. The molecule has 0 spiro atoms. The van der Waals surface area contributed by atoms with Crippen LogP contribution in [0.1, 0.15) is 13.8 Å². The smallest absolute Gasteiger partial charge is 0.759 e. The molecule has 0 amide bonds. The average Bonchev–Trinajstić information content (AvgIpc) is 2.69. The van der Waals surface area contributed by atoms with Gasteiger partial charge in [0.25, 0.3) is 0 Å². The van der Waals surface area contributed by atoms with E-state index in [0.29, 0.717) is 12.2 Å². The Bertz CT molecular complexity index is 206. The van der Waals surface area contributed by atoms with Gasteiger partial charge in [-0.25, -0.2) is 0 Å². The minimum absolute atomic E-state index is 0. The molecule has 0 aromatic heterocycles. The van der Waals surface area contributed by atoms with Gasteiger partial charge in [0.05, 0.1) is 25.4 Å². The van der Waals surface area contributed by atoms with Gasteiger partial charge in [0.1, 0.15) is 0 Å². The van der Waals surface area contributed by atoms with Gasteiger partial charge in [-0.05, 0) is 13.8 Å². The molecule has 15 heavy (non-hydrogen) atoms. The third kappa shape index (κ3) is 49.5. The third-order valence-electron chi connectivity index (χ3n) is 1.00. The first kappa shape index (κ1) is 22.0. The Labute approximate surface area is 134 Å². The fraction of sp³-hybridized carbons (Fsp3) is 1.00. The van der Waals surface area contributed by atoms with E-state index in [9.17, 15) is 0 Å². The van der Waals surface area contributed by atoms with Crippen LogP contribution in [0.2, 0.25) is 0 Å². The zero-order valence-electron chi connectivity index (χ0n) is 9.43. The number of epoxide rings is 2. The van der Waals surface area contributed by atoms with Crippen LogP contribution < -0.4 is 59.1 Å². The van der Waals surface area contributed by atoms with E-state index in [2.05, 4.69) is 13.8 Å². The molecule has 0 aromatic rings. The van der Waals surface area contributed by atoms with Gasteiger partial charge in [0.2, 0.25) is 0 Å². The van der Waals surface area contributed by atoms with Crippen molar-refractivity contribution in [1.29, 1.82) is 0 Å².